The second-order valence-corrected chi connectivity index (χ2v) is 4.11. The highest BCUT2D eigenvalue weighted by Crippen LogP contribution is 2.19. The number of nitrogens with zero attached hydrogens (tertiary/aromatic N) is 1. The lowest BCUT2D eigenvalue weighted by Gasteiger charge is -2.10. The molecule has 1 aromatic heterocycles. The van der Waals surface area contributed by atoms with E-state index in [1.807, 2.05) is 18.2 Å². The maximum absolute atomic E-state index is 11.0. The Morgan fingerprint density at radius 1 is 1.30 bits per heavy atom. The van der Waals surface area contributed by atoms with Gasteiger partial charge in [0.05, 0.1) is 5.69 Å². The smallest absolute Gasteiger partial charge is 0.267 e. The summed E-state index contributed by atoms with van der Waals surface area (Å²) in [7, 11) is 0. The van der Waals surface area contributed by atoms with E-state index >= 15 is 0 Å². The van der Waals surface area contributed by atoms with Crippen LogP contribution in [0.25, 0.3) is 0 Å². The molecule has 1 amide bonds. The number of rotatable bonds is 6. The molecule has 0 radical (unpaired) electrons. The molecule has 0 saturated heterocycles. The molecule has 0 spiro atoms. The zero-order valence-corrected chi connectivity index (χ0v) is 10.9. The van der Waals surface area contributed by atoms with Crippen LogP contribution < -0.4 is 21.5 Å². The molecular weight excluding hydrogens is 256 g/mol. The van der Waals surface area contributed by atoms with Crippen molar-refractivity contribution in [1.29, 1.82) is 0 Å². The van der Waals surface area contributed by atoms with Gasteiger partial charge in [0, 0.05) is 18.4 Å². The highest BCUT2D eigenvalue weighted by atomic mass is 16.5. The van der Waals surface area contributed by atoms with Crippen LogP contribution in [-0.4, -0.2) is 24.0 Å². The van der Waals surface area contributed by atoms with Crippen LogP contribution in [0.15, 0.2) is 42.6 Å². The van der Waals surface area contributed by atoms with E-state index in [0.717, 1.165) is 5.69 Å². The topological polar surface area (TPSA) is 103 Å². The van der Waals surface area contributed by atoms with Gasteiger partial charge < -0.3 is 21.5 Å². The van der Waals surface area contributed by atoms with Crippen molar-refractivity contribution in [2.45, 2.75) is 0 Å². The Kier molecular flexibility index (Phi) is 4.39. The van der Waals surface area contributed by atoms with Crippen LogP contribution in [0.2, 0.25) is 0 Å². The SMILES string of the molecule is NC(=O)c1cc(NCCOc2ccccc2N)ccn1. The van der Waals surface area contributed by atoms with E-state index in [2.05, 4.69) is 10.3 Å². The number of nitrogens with two attached hydrogens (primary N) is 2. The maximum atomic E-state index is 11.0. The zero-order chi connectivity index (χ0) is 14.4. The number of anilines is 2. The number of nitrogens with one attached hydrogen (secondary N) is 1. The van der Waals surface area contributed by atoms with E-state index in [1.54, 1.807) is 18.2 Å². The summed E-state index contributed by atoms with van der Waals surface area (Å²) >= 11 is 0. The molecule has 1 heterocycles. The first-order valence-electron chi connectivity index (χ1n) is 6.14. The minimum absolute atomic E-state index is 0.225. The average Bonchev–Trinajstić information content (AvgIpc) is 2.45. The fourth-order valence-corrected chi connectivity index (χ4v) is 1.64. The second kappa shape index (κ2) is 6.42. The van der Waals surface area contributed by atoms with Gasteiger partial charge in [-0.15, -0.1) is 0 Å². The number of carbonyl (C=O) groups excluding carboxylic acids is 1. The van der Waals surface area contributed by atoms with Crippen molar-refractivity contribution in [2.75, 3.05) is 24.2 Å². The van der Waals surface area contributed by atoms with Crippen LogP contribution in [0.5, 0.6) is 5.75 Å². The van der Waals surface area contributed by atoms with Gasteiger partial charge in [0.2, 0.25) is 0 Å². The molecule has 0 unspecified atom stereocenters. The molecule has 1 aromatic carbocycles. The van der Waals surface area contributed by atoms with Gasteiger partial charge in [-0.05, 0) is 24.3 Å². The molecule has 104 valence electrons. The number of pyridine rings is 1. The van der Waals surface area contributed by atoms with Gasteiger partial charge in [-0.3, -0.25) is 9.78 Å². The number of benzene rings is 1. The van der Waals surface area contributed by atoms with E-state index in [-0.39, 0.29) is 5.69 Å². The third kappa shape index (κ3) is 3.61. The van der Waals surface area contributed by atoms with Crippen LogP contribution in [0.3, 0.4) is 0 Å². The van der Waals surface area contributed by atoms with Crippen molar-refractivity contribution >= 4 is 17.3 Å². The number of nitrogen functional groups attached to an aromatic ring is 1. The fraction of sp³-hybridized carbons (Fsp3) is 0.143. The zero-order valence-electron chi connectivity index (χ0n) is 10.9. The molecule has 2 rings (SSSR count). The molecule has 5 N–H and O–H groups in total. The van der Waals surface area contributed by atoms with Crippen molar-refractivity contribution in [3.05, 3.63) is 48.3 Å². The lowest BCUT2D eigenvalue weighted by atomic mass is 10.3. The minimum Gasteiger partial charge on any atom is -0.490 e. The van der Waals surface area contributed by atoms with Gasteiger partial charge in [-0.2, -0.15) is 0 Å². The highest BCUT2D eigenvalue weighted by molar-refractivity contribution is 5.91. The summed E-state index contributed by atoms with van der Waals surface area (Å²) in [6.45, 7) is 1.01. The molecule has 2 aromatic rings. The Balaban J connectivity index is 1.83. The number of hydrogen-bond acceptors (Lipinski definition) is 5. The van der Waals surface area contributed by atoms with E-state index in [0.29, 0.717) is 24.6 Å². The Hall–Kier alpha value is -2.76. The predicted octanol–water partition coefficient (Wildman–Crippen LogP) is 1.25. The molecule has 0 aliphatic carbocycles. The Bertz CT molecular complexity index is 601. The van der Waals surface area contributed by atoms with Crippen molar-refractivity contribution < 1.29 is 9.53 Å². The molecule has 0 fully saturated rings. The van der Waals surface area contributed by atoms with Crippen LogP contribution >= 0.6 is 0 Å². The van der Waals surface area contributed by atoms with E-state index in [4.69, 9.17) is 16.2 Å². The number of aromatic nitrogens is 1. The summed E-state index contributed by atoms with van der Waals surface area (Å²) < 4.78 is 5.54. The quantitative estimate of drug-likeness (QED) is 0.542. The summed E-state index contributed by atoms with van der Waals surface area (Å²) in [5.41, 5.74) is 12.5. The van der Waals surface area contributed by atoms with Crippen molar-refractivity contribution in [1.82, 2.24) is 4.98 Å². The molecule has 0 atom stereocenters. The normalized spacial score (nSPS) is 10.0. The van der Waals surface area contributed by atoms with Gasteiger partial charge in [0.15, 0.2) is 0 Å². The Morgan fingerprint density at radius 2 is 2.10 bits per heavy atom. The second-order valence-electron chi connectivity index (χ2n) is 4.11. The molecule has 0 saturated carbocycles. The molecule has 0 aliphatic heterocycles. The summed E-state index contributed by atoms with van der Waals surface area (Å²) in [5.74, 6) is 0.101. The van der Waals surface area contributed by atoms with Gasteiger partial charge in [0.25, 0.3) is 5.91 Å². The van der Waals surface area contributed by atoms with E-state index < -0.39 is 5.91 Å². The molecule has 6 heteroatoms. The first-order valence-corrected chi connectivity index (χ1v) is 6.14. The number of primary amides is 1. The summed E-state index contributed by atoms with van der Waals surface area (Å²) in [6, 6.07) is 10.7. The van der Waals surface area contributed by atoms with Crippen molar-refractivity contribution in [3.63, 3.8) is 0 Å². The minimum atomic E-state index is -0.554. The van der Waals surface area contributed by atoms with Crippen LogP contribution in [-0.2, 0) is 0 Å². The third-order valence-corrected chi connectivity index (χ3v) is 2.62. The predicted molar refractivity (Wildman–Crippen MR) is 77.6 cm³/mol. The third-order valence-electron chi connectivity index (χ3n) is 2.62. The number of carbonyl (C=O) groups is 1. The lowest BCUT2D eigenvalue weighted by Crippen LogP contribution is -2.15. The van der Waals surface area contributed by atoms with Gasteiger partial charge in [0.1, 0.15) is 18.1 Å². The van der Waals surface area contributed by atoms with Gasteiger partial charge >= 0.3 is 0 Å². The highest BCUT2D eigenvalue weighted by Gasteiger charge is 2.02. The standard InChI is InChI=1S/C14H16N4O2/c15-11-3-1-2-4-13(11)20-8-7-17-10-5-6-18-12(9-10)14(16)19/h1-6,9H,7-8,15H2,(H2,16,19)(H,17,18). The number of amides is 1. The Labute approximate surface area is 116 Å². The first-order chi connectivity index (χ1) is 9.66. The van der Waals surface area contributed by atoms with Crippen molar-refractivity contribution in [2.24, 2.45) is 5.73 Å². The van der Waals surface area contributed by atoms with Crippen LogP contribution in [0, 0.1) is 0 Å². The Morgan fingerprint density at radius 3 is 2.85 bits per heavy atom. The van der Waals surface area contributed by atoms with Crippen molar-refractivity contribution in [3.8, 4) is 5.75 Å². The van der Waals surface area contributed by atoms with Crippen LogP contribution in [0.1, 0.15) is 10.5 Å². The molecular formula is C14H16N4O2. The first kappa shape index (κ1) is 13.7. The summed E-state index contributed by atoms with van der Waals surface area (Å²) in [5, 5.41) is 3.12. The molecule has 6 nitrogen and oxygen atoms in total. The monoisotopic (exact) mass is 272 g/mol. The molecule has 0 aliphatic rings. The van der Waals surface area contributed by atoms with E-state index in [9.17, 15) is 4.79 Å². The summed E-state index contributed by atoms with van der Waals surface area (Å²) in [4.78, 5) is 14.9. The maximum Gasteiger partial charge on any atom is 0.267 e. The van der Waals surface area contributed by atoms with E-state index in [1.165, 1.54) is 6.20 Å². The lowest BCUT2D eigenvalue weighted by molar-refractivity contribution is 0.0995. The molecule has 0 bridgehead atoms. The average molecular weight is 272 g/mol. The van der Waals surface area contributed by atoms with Gasteiger partial charge in [-0.1, -0.05) is 12.1 Å². The molecule has 20 heavy (non-hydrogen) atoms. The largest absolute Gasteiger partial charge is 0.490 e. The number of para-hydroxylation sites is 2. The fourth-order valence-electron chi connectivity index (χ4n) is 1.64. The summed E-state index contributed by atoms with van der Waals surface area (Å²) in [6.07, 6.45) is 1.53. The van der Waals surface area contributed by atoms with Crippen LogP contribution in [0.4, 0.5) is 11.4 Å². The number of hydrogen-bond donors (Lipinski definition) is 3. The van der Waals surface area contributed by atoms with Gasteiger partial charge in [-0.25, -0.2) is 0 Å². The number of ether oxygens (including phenoxy) is 1.